The largest absolute Gasteiger partial charge is 0.370 e. The molecule has 0 saturated carbocycles. The fourth-order valence-corrected chi connectivity index (χ4v) is 5.31. The van der Waals surface area contributed by atoms with E-state index in [4.69, 9.17) is 4.74 Å². The lowest BCUT2D eigenvalue weighted by Crippen LogP contribution is -3.15. The van der Waals surface area contributed by atoms with Gasteiger partial charge in [0.05, 0.1) is 41.4 Å². The third-order valence-electron chi connectivity index (χ3n) is 6.14. The lowest BCUT2D eigenvalue weighted by Gasteiger charge is -2.31. The molecule has 8 heteroatoms. The second kappa shape index (κ2) is 9.27. The summed E-state index contributed by atoms with van der Waals surface area (Å²) < 4.78 is 5.50. The molecule has 2 N–H and O–H groups in total. The lowest BCUT2D eigenvalue weighted by molar-refractivity contribution is -0.937. The van der Waals surface area contributed by atoms with Crippen molar-refractivity contribution in [2.24, 2.45) is 0 Å². The number of fused-ring (bicyclic) bond motifs is 1. The van der Waals surface area contributed by atoms with E-state index in [1.165, 1.54) is 9.78 Å². The topological polar surface area (TPSA) is 80.2 Å². The molecule has 3 amide bonds. The van der Waals surface area contributed by atoms with E-state index in [-0.39, 0.29) is 23.8 Å². The van der Waals surface area contributed by atoms with E-state index in [2.05, 4.69) is 16.8 Å². The number of nitrogens with one attached hydrogen (secondary N) is 2. The van der Waals surface area contributed by atoms with Crippen LogP contribution in [0.15, 0.2) is 66.0 Å². The first-order valence-corrected chi connectivity index (χ1v) is 11.8. The van der Waals surface area contributed by atoms with E-state index in [1.54, 1.807) is 59.9 Å². The average molecular weight is 463 g/mol. The van der Waals surface area contributed by atoms with Gasteiger partial charge in [0, 0.05) is 5.56 Å². The summed E-state index contributed by atoms with van der Waals surface area (Å²) in [5.41, 5.74) is 1.56. The Labute approximate surface area is 195 Å². The van der Waals surface area contributed by atoms with Crippen LogP contribution in [0.4, 0.5) is 5.69 Å². The number of imide groups is 1. The molecule has 168 valence electrons. The van der Waals surface area contributed by atoms with Gasteiger partial charge in [-0.3, -0.25) is 14.4 Å². The maximum absolute atomic E-state index is 13.0. The van der Waals surface area contributed by atoms with Gasteiger partial charge in [-0.1, -0.05) is 24.3 Å². The van der Waals surface area contributed by atoms with Gasteiger partial charge in [-0.25, -0.2) is 4.90 Å². The Morgan fingerprint density at radius 2 is 1.73 bits per heavy atom. The van der Waals surface area contributed by atoms with Crippen molar-refractivity contribution in [3.63, 3.8) is 0 Å². The fraction of sp³-hybridized carbons (Fsp3) is 0.240. The predicted octanol–water partition coefficient (Wildman–Crippen LogP) is 1.93. The molecule has 1 aromatic heterocycles. The zero-order valence-corrected chi connectivity index (χ0v) is 18.8. The number of carbonyl (C=O) groups excluding carboxylic acids is 3. The summed E-state index contributed by atoms with van der Waals surface area (Å²) in [5, 5.41) is 5.11. The highest BCUT2D eigenvalue weighted by molar-refractivity contribution is 7.10. The summed E-state index contributed by atoms with van der Waals surface area (Å²) in [5.74, 6) is -0.980. The van der Waals surface area contributed by atoms with Gasteiger partial charge < -0.3 is 15.0 Å². The van der Waals surface area contributed by atoms with Crippen molar-refractivity contribution in [3.05, 3.63) is 87.6 Å². The molecule has 3 heterocycles. The third-order valence-corrected chi connectivity index (χ3v) is 7.13. The molecule has 7 nitrogen and oxygen atoms in total. The van der Waals surface area contributed by atoms with Crippen LogP contribution in [-0.2, 0) is 4.74 Å². The minimum Gasteiger partial charge on any atom is -0.370 e. The molecule has 0 radical (unpaired) electrons. The zero-order chi connectivity index (χ0) is 22.8. The Kier molecular flexibility index (Phi) is 6.04. The third kappa shape index (κ3) is 4.20. The van der Waals surface area contributed by atoms with E-state index in [1.807, 2.05) is 6.07 Å². The van der Waals surface area contributed by atoms with E-state index in [0.717, 1.165) is 18.0 Å². The number of quaternary nitrogens is 1. The van der Waals surface area contributed by atoms with Gasteiger partial charge in [0.2, 0.25) is 0 Å². The van der Waals surface area contributed by atoms with Crippen LogP contribution in [0.5, 0.6) is 0 Å². The summed E-state index contributed by atoms with van der Waals surface area (Å²) in [6, 6.07) is 17.7. The summed E-state index contributed by atoms with van der Waals surface area (Å²) in [6.45, 7) is 3.72. The van der Waals surface area contributed by atoms with Crippen molar-refractivity contribution in [1.82, 2.24) is 5.32 Å². The molecule has 2 aliphatic rings. The Balaban J connectivity index is 1.32. The molecule has 0 aliphatic carbocycles. The van der Waals surface area contributed by atoms with E-state index >= 15 is 0 Å². The molecule has 2 aliphatic heterocycles. The van der Waals surface area contributed by atoms with Crippen molar-refractivity contribution in [2.75, 3.05) is 37.7 Å². The highest BCUT2D eigenvalue weighted by Crippen LogP contribution is 2.28. The Bertz CT molecular complexity index is 1150. The molecular weight excluding hydrogens is 438 g/mol. The molecule has 1 saturated heterocycles. The van der Waals surface area contributed by atoms with Crippen LogP contribution in [0.2, 0.25) is 0 Å². The van der Waals surface area contributed by atoms with Crippen molar-refractivity contribution in [1.29, 1.82) is 0 Å². The Morgan fingerprint density at radius 3 is 2.39 bits per heavy atom. The normalized spacial score (nSPS) is 17.2. The molecule has 0 unspecified atom stereocenters. The van der Waals surface area contributed by atoms with E-state index in [9.17, 15) is 14.4 Å². The fourth-order valence-electron chi connectivity index (χ4n) is 4.42. The molecule has 0 bridgehead atoms. The van der Waals surface area contributed by atoms with Crippen LogP contribution >= 0.6 is 11.3 Å². The first kappa shape index (κ1) is 21.5. The number of ether oxygens (including phenoxy) is 1. The number of carbonyl (C=O) groups is 3. The summed E-state index contributed by atoms with van der Waals surface area (Å²) in [6.07, 6.45) is 0. The van der Waals surface area contributed by atoms with Crippen LogP contribution in [0.25, 0.3) is 0 Å². The molecule has 2 aromatic carbocycles. The van der Waals surface area contributed by atoms with Gasteiger partial charge >= 0.3 is 0 Å². The highest BCUT2D eigenvalue weighted by Gasteiger charge is 2.36. The molecular formula is C25H24N3O4S+. The van der Waals surface area contributed by atoms with Gasteiger partial charge in [0.1, 0.15) is 19.1 Å². The molecule has 33 heavy (non-hydrogen) atoms. The molecule has 0 spiro atoms. The van der Waals surface area contributed by atoms with Crippen molar-refractivity contribution >= 4 is 34.7 Å². The number of rotatable bonds is 6. The number of morpholine rings is 1. The first-order valence-electron chi connectivity index (χ1n) is 11.0. The second-order valence-electron chi connectivity index (χ2n) is 8.09. The SMILES string of the molecule is O=C(NC[C@H](c1cccs1)[NH+]1CCOCC1)c1cccc(N2C(=O)c3ccccc3C2=O)c1. The zero-order valence-electron chi connectivity index (χ0n) is 18.0. The van der Waals surface area contributed by atoms with Crippen LogP contribution in [0.1, 0.15) is 42.0 Å². The molecule has 1 fully saturated rings. The second-order valence-corrected chi connectivity index (χ2v) is 9.07. The smallest absolute Gasteiger partial charge is 0.266 e. The highest BCUT2D eigenvalue weighted by atomic mass is 32.1. The van der Waals surface area contributed by atoms with Gasteiger partial charge in [-0.05, 0) is 41.8 Å². The number of anilines is 1. The average Bonchev–Trinajstić information content (AvgIpc) is 3.47. The molecule has 3 aromatic rings. The van der Waals surface area contributed by atoms with Crippen LogP contribution in [0.3, 0.4) is 0 Å². The number of nitrogens with zero attached hydrogens (tertiary/aromatic N) is 1. The van der Waals surface area contributed by atoms with Gasteiger partial charge in [0.25, 0.3) is 17.7 Å². The van der Waals surface area contributed by atoms with E-state index in [0.29, 0.717) is 42.1 Å². The van der Waals surface area contributed by atoms with Gasteiger partial charge in [-0.15, -0.1) is 11.3 Å². The number of benzene rings is 2. The summed E-state index contributed by atoms with van der Waals surface area (Å²) >= 11 is 1.69. The lowest BCUT2D eigenvalue weighted by atomic mass is 10.1. The van der Waals surface area contributed by atoms with Gasteiger partial charge in [0.15, 0.2) is 0 Å². The maximum Gasteiger partial charge on any atom is 0.266 e. The Morgan fingerprint density at radius 1 is 1.00 bits per heavy atom. The standard InChI is InChI=1S/C25H23N3O4S/c29-23(26-16-21(22-9-4-14-33-22)27-10-12-32-13-11-27)17-5-3-6-18(15-17)28-24(30)19-7-1-2-8-20(19)25(28)31/h1-9,14-15,21H,10-13,16H2,(H,26,29)/p+1/t21-/m1/s1. The first-order chi connectivity index (χ1) is 16.1. The van der Waals surface area contributed by atoms with Crippen molar-refractivity contribution in [3.8, 4) is 0 Å². The number of amides is 3. The minimum absolute atomic E-state index is 0.150. The predicted molar refractivity (Wildman–Crippen MR) is 125 cm³/mol. The minimum atomic E-state index is -0.373. The quantitative estimate of drug-likeness (QED) is 0.549. The molecule has 5 rings (SSSR count). The number of thiophene rings is 1. The summed E-state index contributed by atoms with van der Waals surface area (Å²) in [4.78, 5) is 42.4. The Hall–Kier alpha value is -3.33. The van der Waals surface area contributed by atoms with Crippen molar-refractivity contribution in [2.45, 2.75) is 6.04 Å². The van der Waals surface area contributed by atoms with Crippen LogP contribution < -0.4 is 15.1 Å². The molecule has 1 atom stereocenters. The van der Waals surface area contributed by atoms with Crippen LogP contribution in [0, 0.1) is 0 Å². The van der Waals surface area contributed by atoms with E-state index < -0.39 is 0 Å². The monoisotopic (exact) mass is 462 g/mol. The number of hydrogen-bond donors (Lipinski definition) is 2. The van der Waals surface area contributed by atoms with Crippen LogP contribution in [-0.4, -0.2) is 50.6 Å². The van der Waals surface area contributed by atoms with Crippen molar-refractivity contribution < 1.29 is 24.0 Å². The maximum atomic E-state index is 13.0. The summed E-state index contributed by atoms with van der Waals surface area (Å²) in [7, 11) is 0. The van der Waals surface area contributed by atoms with Gasteiger partial charge in [-0.2, -0.15) is 0 Å². The number of hydrogen-bond acceptors (Lipinski definition) is 5.